The molecule has 0 unspecified atom stereocenters. The number of halogens is 1. The molecule has 0 fully saturated rings. The first-order chi connectivity index (χ1) is 13.5. The van der Waals surface area contributed by atoms with E-state index in [4.69, 9.17) is 12.2 Å². The Hall–Kier alpha value is -3.25. The van der Waals surface area contributed by atoms with Crippen molar-refractivity contribution >= 4 is 34.6 Å². The minimum atomic E-state index is -0.553. The van der Waals surface area contributed by atoms with Crippen molar-refractivity contribution in [2.75, 3.05) is 10.6 Å². The summed E-state index contributed by atoms with van der Waals surface area (Å²) in [4.78, 5) is 12.2. The molecule has 3 N–H and O–H groups in total. The van der Waals surface area contributed by atoms with Gasteiger partial charge in [0.15, 0.2) is 5.11 Å². The number of benzene rings is 3. The molecule has 6 heteroatoms. The van der Waals surface area contributed by atoms with E-state index >= 15 is 0 Å². The Kier molecular flexibility index (Phi) is 6.34. The Labute approximate surface area is 168 Å². The SMILES string of the molecule is C[C@@H](NC(=S)Nc1ccc(NC(=O)c2ccccc2F)cc1)c1ccccc1. The Bertz CT molecular complexity index is 961. The second-order valence-electron chi connectivity index (χ2n) is 6.24. The van der Waals surface area contributed by atoms with Crippen LogP contribution < -0.4 is 16.0 Å². The lowest BCUT2D eigenvalue weighted by atomic mass is 10.1. The molecule has 1 atom stereocenters. The largest absolute Gasteiger partial charge is 0.356 e. The molecule has 0 saturated heterocycles. The number of nitrogens with one attached hydrogen (secondary N) is 3. The van der Waals surface area contributed by atoms with Gasteiger partial charge in [-0.15, -0.1) is 0 Å². The second-order valence-corrected chi connectivity index (χ2v) is 6.65. The summed E-state index contributed by atoms with van der Waals surface area (Å²) in [7, 11) is 0. The van der Waals surface area contributed by atoms with E-state index in [1.54, 1.807) is 36.4 Å². The second kappa shape index (κ2) is 9.10. The van der Waals surface area contributed by atoms with Gasteiger partial charge in [0.1, 0.15) is 5.82 Å². The lowest BCUT2D eigenvalue weighted by molar-refractivity contribution is 0.102. The molecule has 1 amide bonds. The number of hydrogen-bond acceptors (Lipinski definition) is 2. The van der Waals surface area contributed by atoms with E-state index in [-0.39, 0.29) is 11.6 Å². The Balaban J connectivity index is 1.56. The van der Waals surface area contributed by atoms with Gasteiger partial charge in [-0.1, -0.05) is 42.5 Å². The zero-order chi connectivity index (χ0) is 19.9. The standard InChI is InChI=1S/C22H20FN3OS/c1-15(16-7-3-2-4-8-16)24-22(28)26-18-13-11-17(12-14-18)25-21(27)19-9-5-6-10-20(19)23/h2-15H,1H3,(H,25,27)(H2,24,26,28)/t15-/m1/s1. The molecule has 0 bridgehead atoms. The molecule has 28 heavy (non-hydrogen) atoms. The van der Waals surface area contributed by atoms with Gasteiger partial charge in [-0.05, 0) is 61.1 Å². The highest BCUT2D eigenvalue weighted by Crippen LogP contribution is 2.17. The number of rotatable bonds is 5. The van der Waals surface area contributed by atoms with Gasteiger partial charge in [0.05, 0.1) is 11.6 Å². The van der Waals surface area contributed by atoms with E-state index in [1.807, 2.05) is 37.3 Å². The van der Waals surface area contributed by atoms with E-state index in [0.717, 1.165) is 11.3 Å². The van der Waals surface area contributed by atoms with Gasteiger partial charge in [0.2, 0.25) is 0 Å². The molecule has 0 spiro atoms. The first-order valence-corrected chi connectivity index (χ1v) is 9.22. The summed E-state index contributed by atoms with van der Waals surface area (Å²) >= 11 is 5.36. The third-order valence-electron chi connectivity index (χ3n) is 4.17. The van der Waals surface area contributed by atoms with Crippen LogP contribution in [0.25, 0.3) is 0 Å². The number of hydrogen-bond donors (Lipinski definition) is 3. The highest BCUT2D eigenvalue weighted by atomic mass is 32.1. The monoisotopic (exact) mass is 393 g/mol. The van der Waals surface area contributed by atoms with Crippen LogP contribution in [-0.4, -0.2) is 11.0 Å². The van der Waals surface area contributed by atoms with Crippen molar-refractivity contribution in [2.45, 2.75) is 13.0 Å². The lowest BCUT2D eigenvalue weighted by Crippen LogP contribution is -2.30. The molecule has 0 aliphatic heterocycles. The maximum absolute atomic E-state index is 13.7. The molecule has 0 heterocycles. The average molecular weight is 393 g/mol. The number of amides is 1. The lowest BCUT2D eigenvalue weighted by Gasteiger charge is -2.17. The Morgan fingerprint density at radius 3 is 2.07 bits per heavy atom. The topological polar surface area (TPSA) is 53.2 Å². The van der Waals surface area contributed by atoms with Crippen LogP contribution >= 0.6 is 12.2 Å². The van der Waals surface area contributed by atoms with Crippen LogP contribution in [0.1, 0.15) is 28.9 Å². The van der Waals surface area contributed by atoms with Crippen molar-refractivity contribution in [1.82, 2.24) is 5.32 Å². The Morgan fingerprint density at radius 1 is 0.857 bits per heavy atom. The molecule has 0 aliphatic rings. The van der Waals surface area contributed by atoms with E-state index in [9.17, 15) is 9.18 Å². The van der Waals surface area contributed by atoms with Crippen LogP contribution in [0.4, 0.5) is 15.8 Å². The average Bonchev–Trinajstić information content (AvgIpc) is 2.70. The first-order valence-electron chi connectivity index (χ1n) is 8.81. The molecule has 0 saturated carbocycles. The van der Waals surface area contributed by atoms with Crippen molar-refractivity contribution in [3.05, 3.63) is 95.8 Å². The first kappa shape index (κ1) is 19.5. The van der Waals surface area contributed by atoms with Gasteiger partial charge in [0, 0.05) is 11.4 Å². The van der Waals surface area contributed by atoms with Crippen molar-refractivity contribution in [2.24, 2.45) is 0 Å². The molecule has 0 radical (unpaired) electrons. The summed E-state index contributed by atoms with van der Waals surface area (Å²) in [6.07, 6.45) is 0. The fourth-order valence-electron chi connectivity index (χ4n) is 2.67. The van der Waals surface area contributed by atoms with Crippen molar-refractivity contribution in [1.29, 1.82) is 0 Å². The quantitative estimate of drug-likeness (QED) is 0.526. The van der Waals surface area contributed by atoms with Crippen LogP contribution in [0, 0.1) is 5.82 Å². The summed E-state index contributed by atoms with van der Waals surface area (Å²) in [6.45, 7) is 2.03. The van der Waals surface area contributed by atoms with Crippen LogP contribution in [0.5, 0.6) is 0 Å². The zero-order valence-corrected chi connectivity index (χ0v) is 16.1. The maximum atomic E-state index is 13.7. The smallest absolute Gasteiger partial charge is 0.258 e. The number of carbonyl (C=O) groups is 1. The summed E-state index contributed by atoms with van der Waals surface area (Å²) < 4.78 is 13.7. The van der Waals surface area contributed by atoms with Crippen LogP contribution in [-0.2, 0) is 0 Å². The fourth-order valence-corrected chi connectivity index (χ4v) is 2.96. The summed E-state index contributed by atoms with van der Waals surface area (Å²) in [6, 6.07) is 23.0. The molecular weight excluding hydrogens is 373 g/mol. The number of thiocarbonyl (C=S) groups is 1. The van der Waals surface area contributed by atoms with Gasteiger partial charge in [-0.25, -0.2) is 4.39 Å². The van der Waals surface area contributed by atoms with Crippen LogP contribution in [0.3, 0.4) is 0 Å². The highest BCUT2D eigenvalue weighted by molar-refractivity contribution is 7.80. The van der Waals surface area contributed by atoms with E-state index < -0.39 is 11.7 Å². The summed E-state index contributed by atoms with van der Waals surface area (Å²) in [5.74, 6) is -1.05. The van der Waals surface area contributed by atoms with Crippen molar-refractivity contribution < 1.29 is 9.18 Å². The van der Waals surface area contributed by atoms with Gasteiger partial charge < -0.3 is 16.0 Å². The van der Waals surface area contributed by atoms with Crippen LogP contribution in [0.15, 0.2) is 78.9 Å². The summed E-state index contributed by atoms with van der Waals surface area (Å²) in [5.41, 5.74) is 2.49. The van der Waals surface area contributed by atoms with Gasteiger partial charge in [0.25, 0.3) is 5.91 Å². The predicted octanol–water partition coefficient (Wildman–Crippen LogP) is 5.13. The highest BCUT2D eigenvalue weighted by Gasteiger charge is 2.11. The van der Waals surface area contributed by atoms with E-state index in [0.29, 0.717) is 10.8 Å². The molecule has 0 aromatic heterocycles. The summed E-state index contributed by atoms with van der Waals surface area (Å²) in [5, 5.41) is 9.52. The number of anilines is 2. The van der Waals surface area contributed by atoms with E-state index in [1.165, 1.54) is 12.1 Å². The maximum Gasteiger partial charge on any atom is 0.258 e. The minimum Gasteiger partial charge on any atom is -0.356 e. The molecule has 0 aliphatic carbocycles. The molecular formula is C22H20FN3OS. The molecule has 3 rings (SSSR count). The number of carbonyl (C=O) groups excluding carboxylic acids is 1. The van der Waals surface area contributed by atoms with Crippen molar-refractivity contribution in [3.8, 4) is 0 Å². The molecule has 3 aromatic carbocycles. The zero-order valence-electron chi connectivity index (χ0n) is 15.3. The third kappa shape index (κ3) is 5.14. The van der Waals surface area contributed by atoms with Gasteiger partial charge in [-0.3, -0.25) is 4.79 Å². The van der Waals surface area contributed by atoms with Gasteiger partial charge in [-0.2, -0.15) is 0 Å². The van der Waals surface area contributed by atoms with Crippen molar-refractivity contribution in [3.63, 3.8) is 0 Å². The Morgan fingerprint density at radius 2 is 1.43 bits per heavy atom. The van der Waals surface area contributed by atoms with E-state index in [2.05, 4.69) is 16.0 Å². The molecule has 142 valence electrons. The third-order valence-corrected chi connectivity index (χ3v) is 4.39. The normalized spacial score (nSPS) is 11.4. The molecule has 3 aromatic rings. The van der Waals surface area contributed by atoms with Crippen LogP contribution in [0.2, 0.25) is 0 Å². The fraction of sp³-hybridized carbons (Fsp3) is 0.0909. The molecule has 4 nitrogen and oxygen atoms in total. The minimum absolute atomic E-state index is 0.00461. The van der Waals surface area contributed by atoms with Gasteiger partial charge >= 0.3 is 0 Å². The predicted molar refractivity (Wildman–Crippen MR) is 115 cm³/mol.